The molecule has 0 atom stereocenters. The summed E-state index contributed by atoms with van der Waals surface area (Å²) in [6, 6.07) is 7.90. The lowest BCUT2D eigenvalue weighted by molar-refractivity contribution is 0.282. The summed E-state index contributed by atoms with van der Waals surface area (Å²) in [6.07, 6.45) is 1.63. The standard InChI is InChI=1S/C15H14N2OS2/c1-9-10(2)19-14-13(9)15(17-8-16-14)20-12-5-3-11(7-18)4-6-12/h3-6,8,18H,7H2,1-2H3. The molecule has 20 heavy (non-hydrogen) atoms. The lowest BCUT2D eigenvalue weighted by Gasteiger charge is -2.04. The molecule has 0 saturated heterocycles. The van der Waals surface area contributed by atoms with Crippen LogP contribution < -0.4 is 0 Å². The minimum atomic E-state index is 0.0749. The number of benzene rings is 1. The van der Waals surface area contributed by atoms with E-state index in [2.05, 4.69) is 23.8 Å². The third kappa shape index (κ3) is 2.44. The van der Waals surface area contributed by atoms with Gasteiger partial charge in [0.05, 0.1) is 6.61 Å². The molecule has 3 rings (SSSR count). The third-order valence-corrected chi connectivity index (χ3v) is 5.38. The molecule has 0 fully saturated rings. The molecular formula is C15H14N2OS2. The Bertz CT molecular complexity index is 750. The van der Waals surface area contributed by atoms with Gasteiger partial charge in [-0.05, 0) is 37.1 Å². The highest BCUT2D eigenvalue weighted by Crippen LogP contribution is 2.37. The Balaban J connectivity index is 2.01. The van der Waals surface area contributed by atoms with Gasteiger partial charge in [-0.3, -0.25) is 0 Å². The Labute approximate surface area is 125 Å². The predicted molar refractivity (Wildman–Crippen MR) is 83.4 cm³/mol. The second-order valence-corrected chi connectivity index (χ2v) is 6.81. The minimum absolute atomic E-state index is 0.0749. The van der Waals surface area contributed by atoms with Crippen molar-refractivity contribution in [3.63, 3.8) is 0 Å². The van der Waals surface area contributed by atoms with Crippen LogP contribution in [0.15, 0.2) is 40.5 Å². The largest absolute Gasteiger partial charge is 0.392 e. The fraction of sp³-hybridized carbons (Fsp3) is 0.200. The smallest absolute Gasteiger partial charge is 0.128 e. The summed E-state index contributed by atoms with van der Waals surface area (Å²) in [6.45, 7) is 4.31. The number of thiophene rings is 1. The Hall–Kier alpha value is -1.43. The Morgan fingerprint density at radius 1 is 1.15 bits per heavy atom. The van der Waals surface area contributed by atoms with Gasteiger partial charge in [-0.25, -0.2) is 9.97 Å². The topological polar surface area (TPSA) is 46.0 Å². The second kappa shape index (κ2) is 5.52. The molecule has 0 aliphatic rings. The Kier molecular flexibility index (Phi) is 3.74. The van der Waals surface area contributed by atoms with Gasteiger partial charge < -0.3 is 5.11 Å². The number of rotatable bonds is 3. The van der Waals surface area contributed by atoms with Crippen molar-refractivity contribution < 1.29 is 5.11 Å². The van der Waals surface area contributed by atoms with Gasteiger partial charge in [0, 0.05) is 15.2 Å². The first kappa shape index (κ1) is 13.5. The number of aryl methyl sites for hydroxylation is 2. The number of aromatic nitrogens is 2. The molecule has 0 aliphatic carbocycles. The molecule has 5 heteroatoms. The van der Waals surface area contributed by atoms with Crippen LogP contribution in [0.3, 0.4) is 0 Å². The third-order valence-electron chi connectivity index (χ3n) is 3.25. The van der Waals surface area contributed by atoms with E-state index in [1.54, 1.807) is 29.4 Å². The summed E-state index contributed by atoms with van der Waals surface area (Å²) < 4.78 is 0. The lowest BCUT2D eigenvalue weighted by atomic mass is 10.2. The van der Waals surface area contributed by atoms with Crippen molar-refractivity contribution in [1.29, 1.82) is 0 Å². The molecule has 1 aromatic carbocycles. The van der Waals surface area contributed by atoms with Crippen LogP contribution in [0, 0.1) is 13.8 Å². The minimum Gasteiger partial charge on any atom is -0.392 e. The molecule has 102 valence electrons. The molecule has 0 unspecified atom stereocenters. The van der Waals surface area contributed by atoms with Gasteiger partial charge in [0.15, 0.2) is 0 Å². The van der Waals surface area contributed by atoms with E-state index in [1.165, 1.54) is 10.4 Å². The summed E-state index contributed by atoms with van der Waals surface area (Å²) in [5, 5.41) is 11.2. The number of fused-ring (bicyclic) bond motifs is 1. The van der Waals surface area contributed by atoms with Crippen molar-refractivity contribution in [3.05, 3.63) is 46.6 Å². The van der Waals surface area contributed by atoms with E-state index in [-0.39, 0.29) is 6.61 Å². The zero-order valence-corrected chi connectivity index (χ0v) is 12.9. The molecule has 0 radical (unpaired) electrons. The number of aliphatic hydroxyl groups excluding tert-OH is 1. The van der Waals surface area contributed by atoms with Crippen LogP contribution in [-0.4, -0.2) is 15.1 Å². The first-order valence-electron chi connectivity index (χ1n) is 6.27. The van der Waals surface area contributed by atoms with Crippen molar-refractivity contribution in [2.45, 2.75) is 30.4 Å². The lowest BCUT2D eigenvalue weighted by Crippen LogP contribution is -1.86. The molecule has 2 aromatic heterocycles. The van der Waals surface area contributed by atoms with Crippen LogP contribution in [0.2, 0.25) is 0 Å². The van der Waals surface area contributed by atoms with Gasteiger partial charge in [-0.15, -0.1) is 11.3 Å². The van der Waals surface area contributed by atoms with Crippen molar-refractivity contribution in [1.82, 2.24) is 9.97 Å². The molecule has 3 nitrogen and oxygen atoms in total. The van der Waals surface area contributed by atoms with E-state index >= 15 is 0 Å². The second-order valence-electron chi connectivity index (χ2n) is 4.55. The molecule has 3 aromatic rings. The van der Waals surface area contributed by atoms with E-state index in [4.69, 9.17) is 5.11 Å². The maximum absolute atomic E-state index is 9.07. The summed E-state index contributed by atoms with van der Waals surface area (Å²) in [4.78, 5) is 12.2. The average Bonchev–Trinajstić information content (AvgIpc) is 2.76. The summed E-state index contributed by atoms with van der Waals surface area (Å²) in [7, 11) is 0. The Morgan fingerprint density at radius 3 is 2.60 bits per heavy atom. The summed E-state index contributed by atoms with van der Waals surface area (Å²) >= 11 is 3.35. The van der Waals surface area contributed by atoms with Gasteiger partial charge in [0.1, 0.15) is 16.2 Å². The normalized spacial score (nSPS) is 11.2. The molecule has 2 heterocycles. The quantitative estimate of drug-likeness (QED) is 0.744. The molecule has 0 bridgehead atoms. The number of aliphatic hydroxyl groups is 1. The fourth-order valence-electron chi connectivity index (χ4n) is 2.00. The molecule has 0 saturated carbocycles. The van der Waals surface area contributed by atoms with Crippen molar-refractivity contribution in [3.8, 4) is 0 Å². The van der Waals surface area contributed by atoms with E-state index in [0.717, 1.165) is 25.7 Å². The van der Waals surface area contributed by atoms with Crippen LogP contribution in [0.25, 0.3) is 10.2 Å². The Morgan fingerprint density at radius 2 is 1.90 bits per heavy atom. The van der Waals surface area contributed by atoms with Crippen molar-refractivity contribution in [2.24, 2.45) is 0 Å². The monoisotopic (exact) mass is 302 g/mol. The zero-order chi connectivity index (χ0) is 14.1. The average molecular weight is 302 g/mol. The highest BCUT2D eigenvalue weighted by atomic mass is 32.2. The molecular weight excluding hydrogens is 288 g/mol. The van der Waals surface area contributed by atoms with E-state index in [9.17, 15) is 0 Å². The molecule has 0 spiro atoms. The van der Waals surface area contributed by atoms with Crippen LogP contribution in [-0.2, 0) is 6.61 Å². The van der Waals surface area contributed by atoms with E-state index in [0.29, 0.717) is 0 Å². The molecule has 0 amide bonds. The predicted octanol–water partition coefficient (Wildman–Crippen LogP) is 3.95. The van der Waals surface area contributed by atoms with Crippen LogP contribution in [0.4, 0.5) is 0 Å². The number of hydrogen-bond donors (Lipinski definition) is 1. The van der Waals surface area contributed by atoms with Gasteiger partial charge >= 0.3 is 0 Å². The summed E-state index contributed by atoms with van der Waals surface area (Å²) in [5.41, 5.74) is 2.19. The van der Waals surface area contributed by atoms with Gasteiger partial charge in [0.2, 0.25) is 0 Å². The first-order chi connectivity index (χ1) is 9.69. The van der Waals surface area contributed by atoms with E-state index in [1.807, 2.05) is 24.3 Å². The van der Waals surface area contributed by atoms with Crippen molar-refractivity contribution in [2.75, 3.05) is 0 Å². The maximum Gasteiger partial charge on any atom is 0.128 e. The van der Waals surface area contributed by atoms with E-state index < -0.39 is 0 Å². The fourth-order valence-corrected chi connectivity index (χ4v) is 4.01. The zero-order valence-electron chi connectivity index (χ0n) is 11.3. The number of hydrogen-bond acceptors (Lipinski definition) is 5. The molecule has 0 aliphatic heterocycles. The first-order valence-corrected chi connectivity index (χ1v) is 7.90. The van der Waals surface area contributed by atoms with Gasteiger partial charge in [-0.2, -0.15) is 0 Å². The maximum atomic E-state index is 9.07. The molecule has 1 N–H and O–H groups in total. The van der Waals surface area contributed by atoms with Crippen molar-refractivity contribution >= 4 is 33.3 Å². The van der Waals surface area contributed by atoms with Gasteiger partial charge in [-0.1, -0.05) is 23.9 Å². The summed E-state index contributed by atoms with van der Waals surface area (Å²) in [5.74, 6) is 0. The van der Waals surface area contributed by atoms with Crippen LogP contribution >= 0.6 is 23.1 Å². The highest BCUT2D eigenvalue weighted by Gasteiger charge is 2.12. The van der Waals surface area contributed by atoms with Crippen LogP contribution in [0.5, 0.6) is 0 Å². The van der Waals surface area contributed by atoms with Crippen LogP contribution in [0.1, 0.15) is 16.0 Å². The highest BCUT2D eigenvalue weighted by molar-refractivity contribution is 7.99. The SMILES string of the molecule is Cc1sc2ncnc(Sc3ccc(CO)cc3)c2c1C. The number of nitrogens with zero attached hydrogens (tertiary/aromatic N) is 2. The van der Waals surface area contributed by atoms with Gasteiger partial charge in [0.25, 0.3) is 0 Å².